The summed E-state index contributed by atoms with van der Waals surface area (Å²) in [6.45, 7) is 2.27. The van der Waals surface area contributed by atoms with Crippen molar-refractivity contribution in [2.24, 2.45) is 17.8 Å². The van der Waals surface area contributed by atoms with Gasteiger partial charge in [0.2, 0.25) is 0 Å². The highest BCUT2D eigenvalue weighted by atomic mass is 19.1. The maximum atomic E-state index is 15.0. The molecule has 2 aromatic carbocycles. The number of ether oxygens (including phenoxy) is 1. The predicted octanol–water partition coefficient (Wildman–Crippen LogP) is 8.40. The van der Waals surface area contributed by atoms with Crippen molar-refractivity contribution in [1.29, 1.82) is 0 Å². The van der Waals surface area contributed by atoms with Crippen LogP contribution in [0.1, 0.15) is 89.0 Å². The highest BCUT2D eigenvalue weighted by molar-refractivity contribution is 5.85. The summed E-state index contributed by atoms with van der Waals surface area (Å²) in [7, 11) is 1.44. The van der Waals surface area contributed by atoms with Crippen molar-refractivity contribution in [2.75, 3.05) is 7.11 Å². The van der Waals surface area contributed by atoms with Gasteiger partial charge in [0, 0.05) is 5.39 Å². The van der Waals surface area contributed by atoms with E-state index in [-0.39, 0.29) is 17.5 Å². The van der Waals surface area contributed by atoms with Crippen LogP contribution in [-0.2, 0) is 0 Å². The van der Waals surface area contributed by atoms with Crippen LogP contribution in [0.5, 0.6) is 5.75 Å². The molecule has 0 N–H and O–H groups in total. The van der Waals surface area contributed by atoms with Crippen molar-refractivity contribution in [1.82, 2.24) is 0 Å². The molecule has 2 saturated carbocycles. The van der Waals surface area contributed by atoms with Crippen LogP contribution in [0.15, 0.2) is 24.3 Å². The summed E-state index contributed by atoms with van der Waals surface area (Å²) in [5, 5.41) is 1.08. The summed E-state index contributed by atoms with van der Waals surface area (Å²) in [5.41, 5.74) is 0.784. The summed E-state index contributed by atoms with van der Waals surface area (Å²) in [4.78, 5) is 0. The van der Waals surface area contributed by atoms with E-state index >= 15 is 4.39 Å². The van der Waals surface area contributed by atoms with Gasteiger partial charge >= 0.3 is 0 Å². The van der Waals surface area contributed by atoms with Gasteiger partial charge < -0.3 is 4.74 Å². The van der Waals surface area contributed by atoms with Gasteiger partial charge in [-0.3, -0.25) is 0 Å². The lowest BCUT2D eigenvalue weighted by molar-refractivity contribution is 0.112. The average molecular weight is 415 g/mol. The van der Waals surface area contributed by atoms with Crippen LogP contribution in [0.3, 0.4) is 0 Å². The van der Waals surface area contributed by atoms with Gasteiger partial charge in [0.15, 0.2) is 11.6 Å². The molecule has 0 radical (unpaired) electrons. The molecular formula is C27H36F2O. The molecule has 0 heterocycles. The highest BCUT2D eigenvalue weighted by Gasteiger charge is 2.36. The lowest BCUT2D eigenvalue weighted by Gasteiger charge is -2.42. The molecule has 0 amide bonds. The zero-order valence-electron chi connectivity index (χ0n) is 18.6. The molecule has 0 aromatic heterocycles. The fraction of sp³-hybridized carbons (Fsp3) is 0.630. The fourth-order valence-corrected chi connectivity index (χ4v) is 6.17. The van der Waals surface area contributed by atoms with E-state index in [0.717, 1.165) is 41.5 Å². The number of rotatable bonds is 7. The highest BCUT2D eigenvalue weighted by Crippen LogP contribution is 2.49. The molecule has 2 aliphatic rings. The second-order valence-electron chi connectivity index (χ2n) is 9.74. The molecule has 2 fully saturated rings. The minimum Gasteiger partial charge on any atom is -0.494 e. The van der Waals surface area contributed by atoms with E-state index in [9.17, 15) is 4.39 Å². The van der Waals surface area contributed by atoms with Crippen LogP contribution in [-0.4, -0.2) is 7.11 Å². The minimum absolute atomic E-state index is 0.168. The van der Waals surface area contributed by atoms with E-state index in [0.29, 0.717) is 5.39 Å². The molecule has 0 saturated heterocycles. The number of methoxy groups -OCH3 is 1. The topological polar surface area (TPSA) is 9.23 Å². The Kier molecular flexibility index (Phi) is 6.95. The van der Waals surface area contributed by atoms with Crippen LogP contribution in [0.4, 0.5) is 8.78 Å². The summed E-state index contributed by atoms with van der Waals surface area (Å²) >= 11 is 0. The van der Waals surface area contributed by atoms with Gasteiger partial charge in [0.25, 0.3) is 0 Å². The predicted molar refractivity (Wildman–Crippen MR) is 120 cm³/mol. The molecule has 3 heteroatoms. The van der Waals surface area contributed by atoms with Crippen LogP contribution < -0.4 is 4.74 Å². The quantitative estimate of drug-likeness (QED) is 0.413. The monoisotopic (exact) mass is 414 g/mol. The number of benzene rings is 2. The molecule has 4 rings (SSSR count). The molecule has 2 aliphatic carbocycles. The fourth-order valence-electron chi connectivity index (χ4n) is 6.17. The first-order valence-corrected chi connectivity index (χ1v) is 12.1. The number of hydrogen-bond acceptors (Lipinski definition) is 1. The molecule has 2 unspecified atom stereocenters. The van der Waals surface area contributed by atoms with Crippen molar-refractivity contribution in [2.45, 2.75) is 83.5 Å². The molecule has 1 nitrogen and oxygen atoms in total. The number of fused-ring (bicyclic) bond motifs is 2. The maximum absolute atomic E-state index is 15.0. The van der Waals surface area contributed by atoms with E-state index in [2.05, 4.69) is 6.92 Å². The second kappa shape index (κ2) is 9.66. The van der Waals surface area contributed by atoms with Crippen LogP contribution in [0, 0.1) is 29.4 Å². The number of hydrogen-bond donors (Lipinski definition) is 0. The largest absolute Gasteiger partial charge is 0.494 e. The van der Waals surface area contributed by atoms with Gasteiger partial charge in [-0.2, -0.15) is 0 Å². The van der Waals surface area contributed by atoms with Gasteiger partial charge in [-0.1, -0.05) is 51.5 Å². The lowest BCUT2D eigenvalue weighted by Crippen LogP contribution is -2.30. The Labute approximate surface area is 180 Å². The van der Waals surface area contributed by atoms with Crippen LogP contribution in [0.2, 0.25) is 0 Å². The van der Waals surface area contributed by atoms with E-state index < -0.39 is 5.82 Å². The Morgan fingerprint density at radius 2 is 1.73 bits per heavy atom. The van der Waals surface area contributed by atoms with Crippen LogP contribution in [0.25, 0.3) is 10.8 Å². The number of halogens is 2. The maximum Gasteiger partial charge on any atom is 0.172 e. The zero-order chi connectivity index (χ0) is 21.1. The summed E-state index contributed by atoms with van der Waals surface area (Å²) in [6.07, 6.45) is 14.3. The van der Waals surface area contributed by atoms with Crippen molar-refractivity contribution >= 4 is 10.8 Å². The molecule has 2 aromatic rings. The molecule has 30 heavy (non-hydrogen) atoms. The number of unbranched alkanes of at least 4 members (excludes halogenated alkanes) is 3. The first-order valence-electron chi connectivity index (χ1n) is 12.1. The molecular weight excluding hydrogens is 378 g/mol. The first kappa shape index (κ1) is 21.6. The zero-order valence-corrected chi connectivity index (χ0v) is 18.6. The van der Waals surface area contributed by atoms with Crippen molar-refractivity contribution < 1.29 is 13.5 Å². The third-order valence-electron chi connectivity index (χ3n) is 7.88. The third-order valence-corrected chi connectivity index (χ3v) is 7.88. The Morgan fingerprint density at radius 1 is 0.933 bits per heavy atom. The molecule has 0 spiro atoms. The molecule has 164 valence electrons. The first-order chi connectivity index (χ1) is 14.6. The Hall–Kier alpha value is -1.64. The van der Waals surface area contributed by atoms with Gasteiger partial charge in [-0.05, 0) is 84.9 Å². The van der Waals surface area contributed by atoms with Crippen molar-refractivity contribution in [3.8, 4) is 5.75 Å². The van der Waals surface area contributed by atoms with Gasteiger partial charge in [-0.25, -0.2) is 8.78 Å². The molecule has 0 aliphatic heterocycles. The SMILES string of the molecule is CCCCCCC1CCC2C[C@H](c3cc4ccc(OC)c(F)c4cc3F)CC[C@@H]2C1. The van der Waals surface area contributed by atoms with Crippen molar-refractivity contribution in [3.05, 3.63) is 41.5 Å². The van der Waals surface area contributed by atoms with Gasteiger partial charge in [0.1, 0.15) is 5.82 Å². The molecule has 0 bridgehead atoms. The summed E-state index contributed by atoms with van der Waals surface area (Å²) < 4.78 is 34.6. The van der Waals surface area contributed by atoms with Gasteiger partial charge in [0.05, 0.1) is 7.11 Å². The molecule has 4 atom stereocenters. The second-order valence-corrected chi connectivity index (χ2v) is 9.74. The normalized spacial score (nSPS) is 26.5. The van der Waals surface area contributed by atoms with E-state index in [1.165, 1.54) is 71.0 Å². The Balaban J connectivity index is 1.42. The average Bonchev–Trinajstić information content (AvgIpc) is 2.77. The summed E-state index contributed by atoms with van der Waals surface area (Å²) in [6, 6.07) is 6.74. The Bertz CT molecular complexity index is 862. The third kappa shape index (κ3) is 4.50. The standard InChI is InChI=1S/C27H36F2O/c1-3-4-5-6-7-18-8-9-20-15-21(11-10-19(20)14-18)23-16-22-12-13-26(30-2)27(29)24(22)17-25(23)28/h12-13,16-21H,3-11,14-15H2,1-2H3/t18?,19-,20?,21-/m1/s1. The van der Waals surface area contributed by atoms with E-state index in [4.69, 9.17) is 4.74 Å². The van der Waals surface area contributed by atoms with Crippen LogP contribution >= 0.6 is 0 Å². The van der Waals surface area contributed by atoms with Crippen molar-refractivity contribution in [3.63, 3.8) is 0 Å². The lowest BCUT2D eigenvalue weighted by atomic mass is 9.63. The Morgan fingerprint density at radius 3 is 2.53 bits per heavy atom. The van der Waals surface area contributed by atoms with Gasteiger partial charge in [-0.15, -0.1) is 0 Å². The summed E-state index contributed by atoms with van der Waals surface area (Å²) in [5.74, 6) is 2.18. The smallest absolute Gasteiger partial charge is 0.172 e. The van der Waals surface area contributed by atoms with E-state index in [1.54, 1.807) is 6.07 Å². The minimum atomic E-state index is -0.471. The van der Waals surface area contributed by atoms with E-state index in [1.807, 2.05) is 12.1 Å².